The van der Waals surface area contributed by atoms with Crippen LogP contribution in [-0.2, 0) is 28.6 Å². The summed E-state index contributed by atoms with van der Waals surface area (Å²) < 4.78 is 20.9. The molecule has 6 nitrogen and oxygen atoms in total. The molecule has 4 bridgehead atoms. The minimum atomic E-state index is -0.150. The van der Waals surface area contributed by atoms with Crippen LogP contribution in [0.3, 0.4) is 0 Å². The van der Waals surface area contributed by atoms with Crippen molar-refractivity contribution in [3.63, 3.8) is 0 Å². The van der Waals surface area contributed by atoms with E-state index in [0.717, 1.165) is 193 Å². The SMILES string of the molecule is CCCCCCC(=O)CCCCCCOC12CC3CC(OCCCCCCC(=O)CCCCCC)(C1)CC(OCCCCCCC(=O)CCCCCC)(C3)C2. The third-order valence-electron chi connectivity index (χ3n) is 13.1. The number of ketones is 3. The van der Waals surface area contributed by atoms with Gasteiger partial charge in [-0.05, 0) is 83.0 Å². The highest BCUT2D eigenvalue weighted by Gasteiger charge is 2.65. The van der Waals surface area contributed by atoms with Gasteiger partial charge in [0.15, 0.2) is 0 Å². The summed E-state index contributed by atoms with van der Waals surface area (Å²) in [5.41, 5.74) is -0.450. The topological polar surface area (TPSA) is 78.9 Å². The molecule has 0 aromatic carbocycles. The summed E-state index contributed by atoms with van der Waals surface area (Å²) in [7, 11) is 0. The lowest BCUT2D eigenvalue weighted by Gasteiger charge is -2.65. The van der Waals surface area contributed by atoms with Gasteiger partial charge in [-0.25, -0.2) is 0 Å². The van der Waals surface area contributed by atoms with Gasteiger partial charge in [-0.1, -0.05) is 117 Å². The maximum atomic E-state index is 12.3. The first-order chi connectivity index (χ1) is 26.8. The Balaban J connectivity index is 1.42. The molecule has 4 fully saturated rings. The van der Waals surface area contributed by atoms with Crippen LogP contribution in [0, 0.1) is 5.92 Å². The molecule has 55 heavy (non-hydrogen) atoms. The van der Waals surface area contributed by atoms with Gasteiger partial charge in [-0.3, -0.25) is 14.4 Å². The number of hydrogen-bond acceptors (Lipinski definition) is 6. The first-order valence-electron chi connectivity index (χ1n) is 24.2. The highest BCUT2D eigenvalue weighted by atomic mass is 16.5. The summed E-state index contributed by atoms with van der Waals surface area (Å²) in [5, 5.41) is 0. The molecule has 0 aliphatic heterocycles. The predicted octanol–water partition coefficient (Wildman–Crippen LogP) is 13.7. The Hall–Kier alpha value is -1.11. The van der Waals surface area contributed by atoms with E-state index in [9.17, 15) is 14.4 Å². The molecule has 0 N–H and O–H groups in total. The van der Waals surface area contributed by atoms with Gasteiger partial charge in [0.05, 0.1) is 16.8 Å². The number of ether oxygens (including phenoxy) is 3. The van der Waals surface area contributed by atoms with Crippen LogP contribution in [0.15, 0.2) is 0 Å². The Labute approximate surface area is 339 Å². The van der Waals surface area contributed by atoms with Crippen molar-refractivity contribution in [3.8, 4) is 0 Å². The van der Waals surface area contributed by atoms with E-state index in [2.05, 4.69) is 20.8 Å². The van der Waals surface area contributed by atoms with E-state index in [1.54, 1.807) is 0 Å². The molecule has 4 aliphatic carbocycles. The zero-order chi connectivity index (χ0) is 39.5. The van der Waals surface area contributed by atoms with Crippen molar-refractivity contribution in [2.45, 2.75) is 269 Å². The lowest BCUT2D eigenvalue weighted by molar-refractivity contribution is -0.291. The van der Waals surface area contributed by atoms with E-state index in [1.807, 2.05) is 0 Å². The minimum Gasteiger partial charge on any atom is -0.375 e. The minimum absolute atomic E-state index is 0.150. The van der Waals surface area contributed by atoms with Gasteiger partial charge in [0.25, 0.3) is 0 Å². The van der Waals surface area contributed by atoms with Crippen LogP contribution in [0.4, 0.5) is 0 Å². The molecule has 0 aromatic rings. The molecule has 4 saturated carbocycles. The van der Waals surface area contributed by atoms with Crippen LogP contribution in [0.5, 0.6) is 0 Å². The molecule has 0 aromatic heterocycles. The summed E-state index contributed by atoms with van der Waals surface area (Å²) in [6.07, 6.45) is 37.9. The number of carbonyl (C=O) groups is 3. The lowest BCUT2D eigenvalue weighted by Crippen LogP contribution is -2.68. The van der Waals surface area contributed by atoms with Gasteiger partial charge in [0.1, 0.15) is 17.3 Å². The van der Waals surface area contributed by atoms with Crippen LogP contribution in [0.1, 0.15) is 252 Å². The smallest absolute Gasteiger partial charge is 0.132 e. The molecule has 320 valence electrons. The second kappa shape index (κ2) is 28.3. The van der Waals surface area contributed by atoms with Gasteiger partial charge < -0.3 is 14.2 Å². The van der Waals surface area contributed by atoms with E-state index in [4.69, 9.17) is 14.2 Å². The fourth-order valence-electron chi connectivity index (χ4n) is 10.5. The lowest BCUT2D eigenvalue weighted by atomic mass is 9.50. The zero-order valence-corrected chi connectivity index (χ0v) is 36.6. The van der Waals surface area contributed by atoms with Crippen LogP contribution in [0.25, 0.3) is 0 Å². The molecule has 0 spiro atoms. The summed E-state index contributed by atoms with van der Waals surface area (Å²) in [6.45, 7) is 9.01. The highest BCUT2D eigenvalue weighted by molar-refractivity contribution is 5.78. The van der Waals surface area contributed by atoms with E-state index in [-0.39, 0.29) is 16.8 Å². The van der Waals surface area contributed by atoms with Crippen molar-refractivity contribution in [2.75, 3.05) is 19.8 Å². The fraction of sp³-hybridized carbons (Fsp3) is 0.939. The van der Waals surface area contributed by atoms with Crippen molar-refractivity contribution >= 4 is 17.3 Å². The Morgan fingerprint density at radius 3 is 0.855 bits per heavy atom. The molecule has 4 aliphatic rings. The van der Waals surface area contributed by atoms with E-state index >= 15 is 0 Å². The number of carbonyl (C=O) groups excluding carboxylic acids is 3. The summed E-state index contributed by atoms with van der Waals surface area (Å²) in [6, 6.07) is 0. The third-order valence-corrected chi connectivity index (χ3v) is 13.1. The Kier molecular flexibility index (Phi) is 24.9. The first kappa shape index (κ1) is 48.3. The second-order valence-electron chi connectivity index (χ2n) is 18.6. The molecule has 0 unspecified atom stereocenters. The molecule has 0 amide bonds. The van der Waals surface area contributed by atoms with Gasteiger partial charge in [0, 0.05) is 77.6 Å². The van der Waals surface area contributed by atoms with Crippen molar-refractivity contribution < 1.29 is 28.6 Å². The molecule has 4 rings (SSSR count). The standard InChI is InChI=1S/C49H88O6/c1-4-7-10-19-28-44(50)31-22-13-16-25-34-53-47-37-43-38-48(40-47,54-35-26-17-14-23-32-45(51)29-20-11-8-5-2)42-49(39-43,41-47)55-36-27-18-15-24-33-46(52)30-21-12-9-6-3/h43H,4-42H2,1-3H3. The first-order valence-corrected chi connectivity index (χ1v) is 24.2. The molecule has 0 heterocycles. The van der Waals surface area contributed by atoms with Crippen molar-refractivity contribution in [1.82, 2.24) is 0 Å². The number of hydrogen-bond donors (Lipinski definition) is 0. The highest BCUT2D eigenvalue weighted by Crippen LogP contribution is 2.63. The maximum absolute atomic E-state index is 12.3. The molecular weight excluding hydrogens is 685 g/mol. The van der Waals surface area contributed by atoms with E-state index in [1.165, 1.54) is 57.8 Å². The molecule has 0 saturated heterocycles. The van der Waals surface area contributed by atoms with Crippen molar-refractivity contribution in [3.05, 3.63) is 0 Å². The number of rotatable bonds is 39. The second-order valence-corrected chi connectivity index (χ2v) is 18.6. The van der Waals surface area contributed by atoms with E-state index < -0.39 is 0 Å². The van der Waals surface area contributed by atoms with Gasteiger partial charge >= 0.3 is 0 Å². The van der Waals surface area contributed by atoms with Gasteiger partial charge in [-0.2, -0.15) is 0 Å². The van der Waals surface area contributed by atoms with Crippen LogP contribution >= 0.6 is 0 Å². The predicted molar refractivity (Wildman–Crippen MR) is 228 cm³/mol. The van der Waals surface area contributed by atoms with Crippen LogP contribution < -0.4 is 0 Å². The number of unbranched alkanes of at least 4 members (excludes halogenated alkanes) is 18. The Morgan fingerprint density at radius 1 is 0.364 bits per heavy atom. The van der Waals surface area contributed by atoms with Crippen LogP contribution in [0.2, 0.25) is 0 Å². The monoisotopic (exact) mass is 773 g/mol. The molecule has 0 radical (unpaired) electrons. The van der Waals surface area contributed by atoms with Gasteiger partial charge in [0.2, 0.25) is 0 Å². The zero-order valence-electron chi connectivity index (χ0n) is 36.6. The third kappa shape index (κ3) is 19.9. The maximum Gasteiger partial charge on any atom is 0.132 e. The molecule has 6 heteroatoms. The quantitative estimate of drug-likeness (QED) is 0.0579. The van der Waals surface area contributed by atoms with Crippen molar-refractivity contribution in [1.29, 1.82) is 0 Å². The summed E-state index contributed by atoms with van der Waals surface area (Å²) in [4.78, 5) is 36.8. The van der Waals surface area contributed by atoms with Crippen molar-refractivity contribution in [2.24, 2.45) is 5.92 Å². The van der Waals surface area contributed by atoms with Gasteiger partial charge in [-0.15, -0.1) is 0 Å². The largest absolute Gasteiger partial charge is 0.375 e. The normalized spacial score (nSPS) is 24.2. The van der Waals surface area contributed by atoms with Crippen LogP contribution in [-0.4, -0.2) is 54.0 Å². The molecule has 0 atom stereocenters. The van der Waals surface area contributed by atoms with E-state index in [0.29, 0.717) is 23.3 Å². The average Bonchev–Trinajstić information content (AvgIpc) is 3.15. The summed E-state index contributed by atoms with van der Waals surface area (Å²) in [5.74, 6) is 1.93. The Bertz CT molecular complexity index is 902. The average molecular weight is 773 g/mol. The Morgan fingerprint density at radius 2 is 0.600 bits per heavy atom. The summed E-state index contributed by atoms with van der Waals surface area (Å²) >= 11 is 0. The molecular formula is C49H88O6. The fourth-order valence-corrected chi connectivity index (χ4v) is 10.5. The number of Topliss-reactive ketones (excluding diaryl/α,β-unsaturated/α-hetero) is 3.